The summed E-state index contributed by atoms with van der Waals surface area (Å²) in [4.78, 5) is 44.5. The Labute approximate surface area is 231 Å². The molecule has 3 fully saturated rings. The highest BCUT2D eigenvalue weighted by Gasteiger charge is 2.77. The Kier molecular flexibility index (Phi) is 8.68. The van der Waals surface area contributed by atoms with Crippen LogP contribution in [0.5, 0.6) is 0 Å². The number of aliphatic hydroxyl groups is 1. The minimum atomic E-state index is -1.17. The zero-order chi connectivity index (χ0) is 26.9. The van der Waals surface area contributed by atoms with Crippen molar-refractivity contribution >= 4 is 51.0 Å². The van der Waals surface area contributed by atoms with E-state index in [2.05, 4.69) is 22.5 Å². The second-order valence-corrected chi connectivity index (χ2v) is 11.5. The van der Waals surface area contributed by atoms with Crippen molar-refractivity contribution in [3.05, 3.63) is 41.4 Å². The van der Waals surface area contributed by atoms with Crippen molar-refractivity contribution in [3.63, 3.8) is 0 Å². The number of carbonyl (C=O) groups excluding carboxylic acids is 3. The minimum Gasteiger partial charge on any atom is -0.466 e. The normalized spacial score (nSPS) is 29.9. The van der Waals surface area contributed by atoms with Gasteiger partial charge >= 0.3 is 5.97 Å². The average molecular weight is 598 g/mol. The van der Waals surface area contributed by atoms with Crippen molar-refractivity contribution in [3.8, 4) is 0 Å². The molecule has 8 nitrogen and oxygen atoms in total. The number of halogens is 2. The molecular weight excluding hydrogens is 564 g/mol. The lowest BCUT2D eigenvalue weighted by atomic mass is 9.70. The number of likely N-dealkylation sites (tertiary alicyclic amines) is 1. The molecule has 4 rings (SSSR count). The maximum Gasteiger partial charge on any atom is 0.312 e. The quantitative estimate of drug-likeness (QED) is 0.181. The molecule has 10 heteroatoms. The molecule has 1 unspecified atom stereocenters. The molecule has 3 aliphatic heterocycles. The molecule has 0 aromatic heterocycles. The molecule has 3 aliphatic rings. The van der Waals surface area contributed by atoms with E-state index in [4.69, 9.17) is 21.1 Å². The third-order valence-corrected chi connectivity index (χ3v) is 8.82. The first-order chi connectivity index (χ1) is 17.7. The smallest absolute Gasteiger partial charge is 0.312 e. The van der Waals surface area contributed by atoms with Gasteiger partial charge in [-0.2, -0.15) is 0 Å². The highest BCUT2D eigenvalue weighted by atomic mass is 79.9. The van der Waals surface area contributed by atoms with Gasteiger partial charge in [-0.05, 0) is 51.2 Å². The number of para-hydroxylation sites is 1. The van der Waals surface area contributed by atoms with Crippen LogP contribution >= 0.6 is 27.5 Å². The van der Waals surface area contributed by atoms with Crippen LogP contribution in [0.25, 0.3) is 0 Å². The number of benzene rings is 1. The molecule has 1 aromatic carbocycles. The highest BCUT2D eigenvalue weighted by molar-refractivity contribution is 9.09. The fraction of sp³-hybridized carbons (Fsp3) is 0.593. The maximum absolute atomic E-state index is 14.5. The maximum atomic E-state index is 14.5. The second-order valence-electron chi connectivity index (χ2n) is 9.87. The first-order valence-corrected chi connectivity index (χ1v) is 14.1. The first-order valence-electron chi connectivity index (χ1n) is 12.8. The first kappa shape index (κ1) is 28.1. The summed E-state index contributed by atoms with van der Waals surface area (Å²) in [5.41, 5.74) is 0.206. The highest BCUT2D eigenvalue weighted by Crippen LogP contribution is 2.60. The molecule has 202 valence electrons. The summed E-state index contributed by atoms with van der Waals surface area (Å²) in [5, 5.41) is 9.63. The monoisotopic (exact) mass is 596 g/mol. The fourth-order valence-electron chi connectivity index (χ4n) is 6.26. The summed E-state index contributed by atoms with van der Waals surface area (Å²) < 4.78 is 11.9. The van der Waals surface area contributed by atoms with Gasteiger partial charge in [-0.3, -0.25) is 14.4 Å². The van der Waals surface area contributed by atoms with Crippen LogP contribution in [0, 0.1) is 18.8 Å². The lowest BCUT2D eigenvalue weighted by molar-refractivity contribution is -0.154. The van der Waals surface area contributed by atoms with Crippen LogP contribution in [0.4, 0.5) is 5.69 Å². The minimum absolute atomic E-state index is 0.0583. The van der Waals surface area contributed by atoms with Crippen LogP contribution in [0.1, 0.15) is 38.2 Å². The van der Waals surface area contributed by atoms with Crippen molar-refractivity contribution in [2.45, 2.75) is 62.1 Å². The van der Waals surface area contributed by atoms with E-state index in [0.29, 0.717) is 42.9 Å². The summed E-state index contributed by atoms with van der Waals surface area (Å²) in [7, 11) is 0. The lowest BCUT2D eigenvalue weighted by Gasteiger charge is -2.37. The van der Waals surface area contributed by atoms with Gasteiger partial charge in [0, 0.05) is 24.5 Å². The predicted octanol–water partition coefficient (Wildman–Crippen LogP) is 3.64. The topological polar surface area (TPSA) is 96.4 Å². The number of hydrogen-bond donors (Lipinski definition) is 1. The van der Waals surface area contributed by atoms with Crippen molar-refractivity contribution < 1.29 is 29.0 Å². The average Bonchev–Trinajstić information content (AvgIpc) is 3.44. The Morgan fingerprint density at radius 1 is 1.38 bits per heavy atom. The number of ether oxygens (including phenoxy) is 2. The van der Waals surface area contributed by atoms with Gasteiger partial charge in [0.2, 0.25) is 5.91 Å². The van der Waals surface area contributed by atoms with Gasteiger partial charge in [0.15, 0.2) is 0 Å². The Morgan fingerprint density at radius 3 is 2.78 bits per heavy atom. The van der Waals surface area contributed by atoms with Crippen LogP contribution < -0.4 is 4.90 Å². The van der Waals surface area contributed by atoms with E-state index < -0.39 is 35.6 Å². The third-order valence-electron chi connectivity index (χ3n) is 7.68. The van der Waals surface area contributed by atoms with Gasteiger partial charge in [-0.1, -0.05) is 45.7 Å². The van der Waals surface area contributed by atoms with E-state index in [9.17, 15) is 19.5 Å². The Bertz CT molecular complexity index is 1050. The zero-order valence-electron chi connectivity index (χ0n) is 21.2. The fourth-order valence-corrected chi connectivity index (χ4v) is 7.53. The van der Waals surface area contributed by atoms with E-state index >= 15 is 0 Å². The molecule has 0 saturated carbocycles. The van der Waals surface area contributed by atoms with Crippen LogP contribution in [0.15, 0.2) is 30.9 Å². The van der Waals surface area contributed by atoms with Gasteiger partial charge in [-0.25, -0.2) is 0 Å². The lowest BCUT2D eigenvalue weighted by Crippen LogP contribution is -2.57. The number of carbonyl (C=O) groups is 3. The molecule has 0 radical (unpaired) electrons. The van der Waals surface area contributed by atoms with Crippen molar-refractivity contribution in [2.24, 2.45) is 11.8 Å². The number of anilines is 1. The van der Waals surface area contributed by atoms with Crippen molar-refractivity contribution in [1.29, 1.82) is 0 Å². The molecule has 37 heavy (non-hydrogen) atoms. The van der Waals surface area contributed by atoms with Crippen LogP contribution in [0.3, 0.4) is 0 Å². The van der Waals surface area contributed by atoms with E-state index in [1.807, 2.05) is 19.1 Å². The third kappa shape index (κ3) is 4.73. The SMILES string of the molecule is C=CCN(C(=O)[C@@H]1N(CCCCCO)C(=O)[C@H]2[C@H](C(=O)OCC)[C@H]3O[C@@]12CC3Br)c1c(C)cccc1Cl. The van der Waals surface area contributed by atoms with E-state index in [0.717, 1.165) is 5.56 Å². The van der Waals surface area contributed by atoms with Crippen LogP contribution in [-0.2, 0) is 23.9 Å². The van der Waals surface area contributed by atoms with E-state index in [1.165, 1.54) is 0 Å². The molecule has 1 aromatic rings. The molecule has 0 aliphatic carbocycles. The molecule has 2 amide bonds. The Hall–Kier alpha value is -1.94. The number of nitrogens with zero attached hydrogens (tertiary/aromatic N) is 2. The van der Waals surface area contributed by atoms with Gasteiger partial charge in [0.05, 0.1) is 35.3 Å². The molecule has 2 bridgehead atoms. The van der Waals surface area contributed by atoms with Gasteiger partial charge in [0.1, 0.15) is 11.6 Å². The molecular formula is C27H34BrClN2O6. The number of hydrogen-bond acceptors (Lipinski definition) is 6. The number of aryl methyl sites for hydroxylation is 1. The molecule has 1 spiro atoms. The number of amides is 2. The summed E-state index contributed by atoms with van der Waals surface area (Å²) in [6.45, 7) is 8.19. The van der Waals surface area contributed by atoms with Crippen LogP contribution in [0.2, 0.25) is 5.02 Å². The van der Waals surface area contributed by atoms with Crippen molar-refractivity contribution in [1.82, 2.24) is 4.90 Å². The molecule has 3 heterocycles. The van der Waals surface area contributed by atoms with E-state index in [-0.39, 0.29) is 36.4 Å². The second kappa shape index (κ2) is 11.4. The van der Waals surface area contributed by atoms with Gasteiger partial charge in [0.25, 0.3) is 5.91 Å². The summed E-state index contributed by atoms with van der Waals surface area (Å²) in [6, 6.07) is 4.48. The van der Waals surface area contributed by atoms with Crippen molar-refractivity contribution in [2.75, 3.05) is 31.2 Å². The van der Waals surface area contributed by atoms with E-state index in [1.54, 1.807) is 28.9 Å². The standard InChI is InChI=1S/C27H34BrClN2O6/c1-4-12-30(21-16(3)10-9-11-18(21)29)25(34)23-27-15-17(28)22(37-27)19(26(35)36-5-2)20(27)24(33)31(23)13-7-6-8-14-32/h4,9-11,17,19-20,22-23,32H,1,5-8,12-15H2,2-3H3/t17?,19-,20+,22-,23-,27+/m0/s1. The number of unbranched alkanes of at least 4 members (excludes halogenated alkanes) is 2. The summed E-state index contributed by atoms with van der Waals surface area (Å²) in [5.74, 6) is -2.67. The number of fused-ring (bicyclic) bond motifs is 1. The Morgan fingerprint density at radius 2 is 2.14 bits per heavy atom. The largest absolute Gasteiger partial charge is 0.466 e. The molecule has 1 N–H and O–H groups in total. The summed E-state index contributed by atoms with van der Waals surface area (Å²) >= 11 is 10.2. The summed E-state index contributed by atoms with van der Waals surface area (Å²) in [6.07, 6.45) is 3.39. The number of aliphatic hydroxyl groups excluding tert-OH is 1. The zero-order valence-corrected chi connectivity index (χ0v) is 23.5. The predicted molar refractivity (Wildman–Crippen MR) is 144 cm³/mol. The number of esters is 1. The molecule has 3 saturated heterocycles. The van der Waals surface area contributed by atoms with Gasteiger partial charge < -0.3 is 24.4 Å². The number of alkyl halides is 1. The van der Waals surface area contributed by atoms with Gasteiger partial charge in [-0.15, -0.1) is 6.58 Å². The van der Waals surface area contributed by atoms with Crippen LogP contribution in [-0.4, -0.2) is 76.7 Å². The Balaban J connectivity index is 1.79. The number of rotatable bonds is 11. The molecule has 6 atom stereocenters.